The van der Waals surface area contributed by atoms with Gasteiger partial charge in [0.25, 0.3) is 0 Å². The Labute approximate surface area is 202 Å². The zero-order chi connectivity index (χ0) is 26.0. The van der Waals surface area contributed by atoms with Crippen LogP contribution in [0.4, 0.5) is 0 Å². The summed E-state index contributed by atoms with van der Waals surface area (Å²) >= 11 is 0. The van der Waals surface area contributed by atoms with Crippen LogP contribution in [0.15, 0.2) is 42.9 Å². The van der Waals surface area contributed by atoms with Gasteiger partial charge in [0.05, 0.1) is 12.9 Å². The number of aliphatic hydroxyl groups is 1. The summed E-state index contributed by atoms with van der Waals surface area (Å²) in [5.41, 5.74) is 6.78. The molecular formula is C23H32N6O6. The number of carboxylic acids is 1. The molecule has 1 heterocycles. The van der Waals surface area contributed by atoms with Crippen molar-refractivity contribution in [3.05, 3.63) is 54.1 Å². The predicted octanol–water partition coefficient (Wildman–Crippen LogP) is -1.29. The Bertz CT molecular complexity index is 982. The minimum absolute atomic E-state index is 0.00413. The van der Waals surface area contributed by atoms with E-state index in [2.05, 4.69) is 25.9 Å². The zero-order valence-electron chi connectivity index (χ0n) is 19.6. The topological polar surface area (TPSA) is 200 Å². The lowest BCUT2D eigenvalue weighted by Crippen LogP contribution is -2.59. The number of carboxylic acid groups (broad SMARTS) is 1. The van der Waals surface area contributed by atoms with Gasteiger partial charge in [-0.3, -0.25) is 14.4 Å². The molecule has 0 spiro atoms. The van der Waals surface area contributed by atoms with Crippen molar-refractivity contribution >= 4 is 23.7 Å². The van der Waals surface area contributed by atoms with Gasteiger partial charge >= 0.3 is 5.97 Å². The van der Waals surface area contributed by atoms with Gasteiger partial charge < -0.3 is 36.9 Å². The number of nitrogens with two attached hydrogens (primary N) is 1. The van der Waals surface area contributed by atoms with Gasteiger partial charge in [-0.05, 0) is 11.5 Å². The average molecular weight is 489 g/mol. The van der Waals surface area contributed by atoms with Gasteiger partial charge in [-0.25, -0.2) is 9.78 Å². The average Bonchev–Trinajstić information content (AvgIpc) is 3.34. The summed E-state index contributed by atoms with van der Waals surface area (Å²) in [5.74, 6) is -3.68. The fraction of sp³-hybridized carbons (Fsp3) is 0.435. The largest absolute Gasteiger partial charge is 0.480 e. The van der Waals surface area contributed by atoms with Crippen molar-refractivity contribution < 1.29 is 29.4 Å². The standard InChI is InChI=1S/C23H32N6O6/c1-13(2)19(29-20(31)16(24)11-30)22(33)27-17(9-15-10-25-12-26-15)21(32)28-18(23(34)35)8-14-6-4-3-5-7-14/h3-7,10,12-13,16-19,30H,8-9,11,24H2,1-2H3,(H,25,26)(H,27,33)(H,28,32)(H,29,31)(H,34,35). The van der Waals surface area contributed by atoms with Crippen LogP contribution in [0.3, 0.4) is 0 Å². The lowest BCUT2D eigenvalue weighted by molar-refractivity contribution is -0.142. The van der Waals surface area contributed by atoms with Gasteiger partial charge in [0.1, 0.15) is 24.2 Å². The highest BCUT2D eigenvalue weighted by molar-refractivity contribution is 5.94. The molecule has 4 atom stereocenters. The van der Waals surface area contributed by atoms with Crippen LogP contribution < -0.4 is 21.7 Å². The number of carbonyl (C=O) groups excluding carboxylic acids is 3. The van der Waals surface area contributed by atoms with E-state index in [0.717, 1.165) is 5.56 Å². The molecular weight excluding hydrogens is 456 g/mol. The number of aromatic amines is 1. The third-order valence-corrected chi connectivity index (χ3v) is 5.29. The number of carbonyl (C=O) groups is 4. The Hall–Kier alpha value is -3.77. The fourth-order valence-electron chi connectivity index (χ4n) is 3.29. The highest BCUT2D eigenvalue weighted by Gasteiger charge is 2.32. The van der Waals surface area contributed by atoms with Gasteiger partial charge in [0.15, 0.2) is 0 Å². The highest BCUT2D eigenvalue weighted by atomic mass is 16.4. The number of benzene rings is 1. The first kappa shape index (κ1) is 27.5. The number of aromatic nitrogens is 2. The van der Waals surface area contributed by atoms with Gasteiger partial charge in [0.2, 0.25) is 17.7 Å². The van der Waals surface area contributed by atoms with Crippen molar-refractivity contribution in [1.29, 1.82) is 0 Å². The smallest absolute Gasteiger partial charge is 0.326 e. The quantitative estimate of drug-likeness (QED) is 0.180. The van der Waals surface area contributed by atoms with E-state index in [4.69, 9.17) is 10.8 Å². The van der Waals surface area contributed by atoms with Crippen LogP contribution in [0.25, 0.3) is 0 Å². The summed E-state index contributed by atoms with van der Waals surface area (Å²) < 4.78 is 0. The number of H-pyrrole nitrogens is 1. The second kappa shape index (κ2) is 13.2. The van der Waals surface area contributed by atoms with Crippen molar-refractivity contribution in [2.45, 2.75) is 50.9 Å². The van der Waals surface area contributed by atoms with Crippen molar-refractivity contribution in [3.8, 4) is 0 Å². The molecule has 12 nitrogen and oxygen atoms in total. The van der Waals surface area contributed by atoms with Crippen LogP contribution in [-0.4, -0.2) is 74.6 Å². The summed E-state index contributed by atoms with van der Waals surface area (Å²) in [6, 6.07) is 4.18. The normalized spacial score (nSPS) is 14.4. The first-order valence-corrected chi connectivity index (χ1v) is 11.1. The Morgan fingerprint density at radius 1 is 0.971 bits per heavy atom. The molecule has 0 radical (unpaired) electrons. The second-order valence-electron chi connectivity index (χ2n) is 8.45. The molecule has 35 heavy (non-hydrogen) atoms. The summed E-state index contributed by atoms with van der Waals surface area (Å²) in [6.07, 6.45) is 2.95. The Morgan fingerprint density at radius 2 is 1.63 bits per heavy atom. The first-order valence-electron chi connectivity index (χ1n) is 11.1. The molecule has 0 fully saturated rings. The maximum Gasteiger partial charge on any atom is 0.326 e. The van der Waals surface area contributed by atoms with Crippen LogP contribution in [0.1, 0.15) is 25.1 Å². The monoisotopic (exact) mass is 488 g/mol. The first-order chi connectivity index (χ1) is 16.6. The van der Waals surface area contributed by atoms with E-state index in [1.165, 1.54) is 12.5 Å². The van der Waals surface area contributed by atoms with Crippen LogP contribution >= 0.6 is 0 Å². The van der Waals surface area contributed by atoms with Gasteiger partial charge in [0, 0.05) is 24.7 Å². The number of hydrogen-bond donors (Lipinski definition) is 7. The molecule has 4 unspecified atom stereocenters. The molecule has 1 aromatic carbocycles. The molecule has 0 saturated heterocycles. The van der Waals surface area contributed by atoms with Crippen molar-refractivity contribution in [1.82, 2.24) is 25.9 Å². The fourth-order valence-corrected chi connectivity index (χ4v) is 3.29. The van der Waals surface area contributed by atoms with E-state index in [9.17, 15) is 24.3 Å². The maximum absolute atomic E-state index is 13.1. The third-order valence-electron chi connectivity index (χ3n) is 5.29. The highest BCUT2D eigenvalue weighted by Crippen LogP contribution is 2.08. The molecule has 2 rings (SSSR count). The lowest BCUT2D eigenvalue weighted by Gasteiger charge is -2.26. The van der Waals surface area contributed by atoms with Crippen LogP contribution in [0, 0.1) is 5.92 Å². The molecule has 3 amide bonds. The number of hydrogen-bond acceptors (Lipinski definition) is 7. The molecule has 1 aromatic heterocycles. The summed E-state index contributed by atoms with van der Waals surface area (Å²) in [5, 5.41) is 26.3. The molecule has 190 valence electrons. The molecule has 0 saturated carbocycles. The van der Waals surface area contributed by atoms with Crippen LogP contribution in [0.5, 0.6) is 0 Å². The Morgan fingerprint density at radius 3 is 2.17 bits per heavy atom. The SMILES string of the molecule is CC(C)C(NC(=O)C(N)CO)C(=O)NC(Cc1cnc[nH]1)C(=O)NC(Cc1ccccc1)C(=O)O. The summed E-state index contributed by atoms with van der Waals surface area (Å²) in [6.45, 7) is 2.79. The molecule has 8 N–H and O–H groups in total. The van der Waals surface area contributed by atoms with Crippen LogP contribution in [0.2, 0.25) is 0 Å². The van der Waals surface area contributed by atoms with Crippen molar-refractivity contribution in [3.63, 3.8) is 0 Å². The summed E-state index contributed by atoms with van der Waals surface area (Å²) in [4.78, 5) is 56.8. The van der Waals surface area contributed by atoms with E-state index in [0.29, 0.717) is 5.69 Å². The lowest BCUT2D eigenvalue weighted by atomic mass is 10.0. The van der Waals surface area contributed by atoms with Crippen molar-refractivity contribution in [2.24, 2.45) is 11.7 Å². The number of aliphatic carboxylic acids is 1. The van der Waals surface area contributed by atoms with E-state index in [1.807, 2.05) is 0 Å². The minimum atomic E-state index is -1.23. The number of imidazole rings is 1. The molecule has 0 aliphatic rings. The van der Waals surface area contributed by atoms with E-state index in [1.54, 1.807) is 44.2 Å². The Kier molecular flexibility index (Phi) is 10.4. The van der Waals surface area contributed by atoms with Gasteiger partial charge in [-0.2, -0.15) is 0 Å². The molecule has 0 aliphatic carbocycles. The van der Waals surface area contributed by atoms with E-state index >= 15 is 0 Å². The third kappa shape index (κ3) is 8.50. The van der Waals surface area contributed by atoms with Crippen LogP contribution in [-0.2, 0) is 32.0 Å². The zero-order valence-corrected chi connectivity index (χ0v) is 19.6. The van der Waals surface area contributed by atoms with Gasteiger partial charge in [-0.1, -0.05) is 44.2 Å². The number of amides is 3. The second-order valence-corrected chi connectivity index (χ2v) is 8.45. The van der Waals surface area contributed by atoms with E-state index < -0.39 is 54.5 Å². The Balaban J connectivity index is 2.19. The van der Waals surface area contributed by atoms with E-state index in [-0.39, 0.29) is 18.8 Å². The molecule has 12 heteroatoms. The predicted molar refractivity (Wildman–Crippen MR) is 126 cm³/mol. The molecule has 2 aromatic rings. The molecule has 0 aliphatic heterocycles. The number of nitrogens with one attached hydrogen (secondary N) is 4. The van der Waals surface area contributed by atoms with Crippen molar-refractivity contribution in [2.75, 3.05) is 6.61 Å². The number of rotatable bonds is 13. The summed E-state index contributed by atoms with van der Waals surface area (Å²) in [7, 11) is 0. The minimum Gasteiger partial charge on any atom is -0.480 e. The number of aliphatic hydroxyl groups excluding tert-OH is 1. The maximum atomic E-state index is 13.1. The molecule has 0 bridgehead atoms. The van der Waals surface area contributed by atoms with Gasteiger partial charge in [-0.15, -0.1) is 0 Å². The number of nitrogens with zero attached hydrogens (tertiary/aromatic N) is 1.